The highest BCUT2D eigenvalue weighted by molar-refractivity contribution is 5.35. The van der Waals surface area contributed by atoms with Crippen LogP contribution in [0.1, 0.15) is 35.4 Å². The molecule has 0 bridgehead atoms. The van der Waals surface area contributed by atoms with Gasteiger partial charge in [-0.05, 0) is 49.7 Å². The molecular formula is C11H13N. The van der Waals surface area contributed by atoms with E-state index < -0.39 is 0 Å². The van der Waals surface area contributed by atoms with Crippen molar-refractivity contribution in [3.8, 4) is 0 Å². The molecule has 2 aliphatic carbocycles. The fourth-order valence-corrected chi connectivity index (χ4v) is 2.44. The topological polar surface area (TPSA) is 12.9 Å². The largest absolute Gasteiger partial charge is 0.257 e. The van der Waals surface area contributed by atoms with Crippen LogP contribution in [-0.4, -0.2) is 4.98 Å². The minimum atomic E-state index is 1.22. The maximum absolute atomic E-state index is 4.73. The van der Waals surface area contributed by atoms with Gasteiger partial charge in [0.25, 0.3) is 0 Å². The second-order valence-corrected chi connectivity index (χ2v) is 3.91. The zero-order valence-corrected chi connectivity index (χ0v) is 7.27. The molecule has 0 spiro atoms. The third-order valence-corrected chi connectivity index (χ3v) is 3.08. The van der Waals surface area contributed by atoms with Gasteiger partial charge in [-0.2, -0.15) is 0 Å². The van der Waals surface area contributed by atoms with Gasteiger partial charge in [-0.15, -0.1) is 0 Å². The zero-order chi connectivity index (χ0) is 7.97. The van der Waals surface area contributed by atoms with E-state index in [1.54, 1.807) is 0 Å². The number of aryl methyl sites for hydroxylation is 4. The molecule has 0 unspecified atom stereocenters. The molecule has 1 nitrogen and oxygen atoms in total. The Labute approximate surface area is 72.8 Å². The van der Waals surface area contributed by atoms with Crippen molar-refractivity contribution in [1.29, 1.82) is 0 Å². The standard InChI is InChI=1S/C11H13N/c1-3-8-7-9-4-2-6-11(9)12-10(8)5-1/h7H,1-6H2. The summed E-state index contributed by atoms with van der Waals surface area (Å²) in [6.45, 7) is 0. The SMILES string of the molecule is c1c2c(nc3c1CCC3)CCC2. The van der Waals surface area contributed by atoms with E-state index in [-0.39, 0.29) is 0 Å². The number of hydrogen-bond donors (Lipinski definition) is 0. The van der Waals surface area contributed by atoms with Gasteiger partial charge in [0.1, 0.15) is 0 Å². The molecule has 0 radical (unpaired) electrons. The quantitative estimate of drug-likeness (QED) is 0.564. The minimum absolute atomic E-state index is 1.22. The molecule has 12 heavy (non-hydrogen) atoms. The van der Waals surface area contributed by atoms with Crippen LogP contribution in [0.25, 0.3) is 0 Å². The normalized spacial score (nSPS) is 19.3. The molecule has 0 atom stereocenters. The van der Waals surface area contributed by atoms with E-state index in [1.807, 2.05) is 0 Å². The summed E-state index contributed by atoms with van der Waals surface area (Å²) in [5.74, 6) is 0. The first-order valence-electron chi connectivity index (χ1n) is 4.94. The van der Waals surface area contributed by atoms with Crippen LogP contribution in [0, 0.1) is 0 Å². The van der Waals surface area contributed by atoms with Crippen LogP contribution < -0.4 is 0 Å². The van der Waals surface area contributed by atoms with E-state index in [2.05, 4.69) is 6.07 Å². The Bertz CT molecular complexity index is 268. The van der Waals surface area contributed by atoms with Crippen molar-refractivity contribution in [1.82, 2.24) is 4.98 Å². The van der Waals surface area contributed by atoms with Crippen molar-refractivity contribution in [2.75, 3.05) is 0 Å². The smallest absolute Gasteiger partial charge is 0.0439 e. The van der Waals surface area contributed by atoms with E-state index in [0.29, 0.717) is 0 Å². The van der Waals surface area contributed by atoms with Crippen molar-refractivity contribution in [3.63, 3.8) is 0 Å². The molecule has 1 heterocycles. The first-order chi connectivity index (χ1) is 5.93. The summed E-state index contributed by atoms with van der Waals surface area (Å²) in [5, 5.41) is 0. The number of fused-ring (bicyclic) bond motifs is 2. The van der Waals surface area contributed by atoms with Gasteiger partial charge in [-0.25, -0.2) is 0 Å². The third kappa shape index (κ3) is 0.825. The predicted octanol–water partition coefficient (Wildman–Crippen LogP) is 2.06. The van der Waals surface area contributed by atoms with Crippen molar-refractivity contribution < 1.29 is 0 Å². The number of hydrogen-bond acceptors (Lipinski definition) is 1. The summed E-state index contributed by atoms with van der Waals surface area (Å²) in [4.78, 5) is 4.73. The van der Waals surface area contributed by atoms with Crippen LogP contribution in [0.3, 0.4) is 0 Å². The molecule has 1 heteroatoms. The van der Waals surface area contributed by atoms with Gasteiger partial charge in [-0.3, -0.25) is 4.98 Å². The Morgan fingerprint density at radius 1 is 0.833 bits per heavy atom. The monoisotopic (exact) mass is 159 g/mol. The summed E-state index contributed by atoms with van der Waals surface area (Å²) >= 11 is 0. The Morgan fingerprint density at radius 2 is 1.42 bits per heavy atom. The molecule has 2 aliphatic rings. The van der Waals surface area contributed by atoms with Crippen molar-refractivity contribution >= 4 is 0 Å². The Hall–Kier alpha value is -0.850. The van der Waals surface area contributed by atoms with Crippen molar-refractivity contribution in [2.24, 2.45) is 0 Å². The van der Waals surface area contributed by atoms with Crippen LogP contribution in [0.15, 0.2) is 6.07 Å². The van der Waals surface area contributed by atoms with Gasteiger partial charge in [0.15, 0.2) is 0 Å². The summed E-state index contributed by atoms with van der Waals surface area (Å²) < 4.78 is 0. The van der Waals surface area contributed by atoms with E-state index in [1.165, 1.54) is 61.0 Å². The fraction of sp³-hybridized carbons (Fsp3) is 0.545. The van der Waals surface area contributed by atoms with Crippen LogP contribution in [0.2, 0.25) is 0 Å². The molecule has 1 aromatic heterocycles. The average Bonchev–Trinajstić information content (AvgIpc) is 2.64. The maximum atomic E-state index is 4.73. The molecule has 0 fully saturated rings. The maximum Gasteiger partial charge on any atom is 0.0439 e. The van der Waals surface area contributed by atoms with Crippen LogP contribution in [-0.2, 0) is 25.7 Å². The lowest BCUT2D eigenvalue weighted by molar-refractivity contribution is 0.872. The van der Waals surface area contributed by atoms with Gasteiger partial charge >= 0.3 is 0 Å². The minimum Gasteiger partial charge on any atom is -0.257 e. The fourth-order valence-electron chi connectivity index (χ4n) is 2.44. The lowest BCUT2D eigenvalue weighted by Crippen LogP contribution is -1.94. The van der Waals surface area contributed by atoms with Gasteiger partial charge in [-0.1, -0.05) is 6.07 Å². The van der Waals surface area contributed by atoms with Crippen molar-refractivity contribution in [2.45, 2.75) is 38.5 Å². The van der Waals surface area contributed by atoms with Crippen LogP contribution in [0.5, 0.6) is 0 Å². The lowest BCUT2D eigenvalue weighted by atomic mass is 10.1. The second kappa shape index (κ2) is 2.32. The Morgan fingerprint density at radius 3 is 2.00 bits per heavy atom. The highest BCUT2D eigenvalue weighted by Crippen LogP contribution is 2.27. The zero-order valence-electron chi connectivity index (χ0n) is 7.27. The third-order valence-electron chi connectivity index (χ3n) is 3.08. The summed E-state index contributed by atoms with van der Waals surface area (Å²) in [6.07, 6.45) is 7.65. The number of nitrogens with zero attached hydrogens (tertiary/aromatic N) is 1. The average molecular weight is 159 g/mol. The molecular weight excluding hydrogens is 146 g/mol. The highest BCUT2D eigenvalue weighted by atomic mass is 14.7. The molecule has 0 saturated heterocycles. The summed E-state index contributed by atoms with van der Waals surface area (Å²) in [6, 6.07) is 2.41. The van der Waals surface area contributed by atoms with Gasteiger partial charge in [0, 0.05) is 11.4 Å². The molecule has 0 aliphatic heterocycles. The van der Waals surface area contributed by atoms with Gasteiger partial charge in [0.05, 0.1) is 0 Å². The first-order valence-corrected chi connectivity index (χ1v) is 4.94. The van der Waals surface area contributed by atoms with E-state index in [0.717, 1.165) is 0 Å². The first kappa shape index (κ1) is 6.64. The summed E-state index contributed by atoms with van der Waals surface area (Å²) in [5.41, 5.74) is 5.87. The lowest BCUT2D eigenvalue weighted by Gasteiger charge is -2.02. The number of aromatic nitrogens is 1. The molecule has 3 rings (SSSR count). The second-order valence-electron chi connectivity index (χ2n) is 3.91. The molecule has 1 aromatic rings. The molecule has 0 saturated carbocycles. The highest BCUT2D eigenvalue weighted by Gasteiger charge is 2.18. The van der Waals surface area contributed by atoms with E-state index in [4.69, 9.17) is 4.98 Å². The molecule has 0 amide bonds. The molecule has 0 N–H and O–H groups in total. The summed E-state index contributed by atoms with van der Waals surface area (Å²) in [7, 11) is 0. The molecule has 0 aromatic carbocycles. The van der Waals surface area contributed by atoms with Gasteiger partial charge < -0.3 is 0 Å². The van der Waals surface area contributed by atoms with Crippen molar-refractivity contribution in [3.05, 3.63) is 28.6 Å². The van der Waals surface area contributed by atoms with Crippen LogP contribution >= 0.6 is 0 Å². The number of pyridine rings is 1. The molecule has 62 valence electrons. The Balaban J connectivity index is 2.18. The van der Waals surface area contributed by atoms with E-state index >= 15 is 0 Å². The predicted molar refractivity (Wildman–Crippen MR) is 48.3 cm³/mol. The van der Waals surface area contributed by atoms with Crippen LogP contribution in [0.4, 0.5) is 0 Å². The Kier molecular flexibility index (Phi) is 1.28. The number of rotatable bonds is 0. The van der Waals surface area contributed by atoms with Gasteiger partial charge in [0.2, 0.25) is 0 Å². The van der Waals surface area contributed by atoms with E-state index in [9.17, 15) is 0 Å².